The molecule has 0 radical (unpaired) electrons. The van der Waals surface area contributed by atoms with Gasteiger partial charge in [0.2, 0.25) is 0 Å². The predicted octanol–water partition coefficient (Wildman–Crippen LogP) is 3.62. The molecule has 0 fully saturated rings. The summed E-state index contributed by atoms with van der Waals surface area (Å²) in [5, 5.41) is 0. The van der Waals surface area contributed by atoms with Gasteiger partial charge in [0, 0.05) is 6.92 Å². The van der Waals surface area contributed by atoms with E-state index in [2.05, 4.69) is 69.5 Å². The van der Waals surface area contributed by atoms with Crippen LogP contribution in [0.4, 0.5) is 0 Å². The van der Waals surface area contributed by atoms with Crippen molar-refractivity contribution in [2.45, 2.75) is 52.8 Å². The molecule has 1 aliphatic rings. The van der Waals surface area contributed by atoms with Crippen molar-refractivity contribution in [1.29, 1.82) is 0 Å². The molecule has 0 saturated heterocycles. The van der Waals surface area contributed by atoms with Crippen LogP contribution in [0.5, 0.6) is 0 Å². The van der Waals surface area contributed by atoms with Gasteiger partial charge < -0.3 is 4.74 Å². The van der Waals surface area contributed by atoms with Gasteiger partial charge in [0.15, 0.2) is 18.2 Å². The highest BCUT2D eigenvalue weighted by atomic mass is 16.5. The number of ether oxygens (including phenoxy) is 1. The molecule has 0 N–H and O–H groups in total. The summed E-state index contributed by atoms with van der Waals surface area (Å²) >= 11 is 0. The molecule has 98 valence electrons. The molecule has 2 nitrogen and oxygen atoms in total. The lowest BCUT2D eigenvalue weighted by Crippen LogP contribution is -2.32. The maximum Gasteiger partial charge on any atom is 0.340 e. The van der Waals surface area contributed by atoms with E-state index in [1.54, 1.807) is 0 Å². The van der Waals surface area contributed by atoms with Crippen LogP contribution in [0.1, 0.15) is 46.3 Å². The molecule has 1 aromatic rings. The molecule has 0 bridgehead atoms. The predicted molar refractivity (Wildman–Crippen MR) is 75.0 cm³/mol. The number of benzene rings is 1. The molecule has 0 saturated carbocycles. The standard InChI is InChI=1S/C16H24NO/c1-11(2)16-17(12(3)4)13(5)15(18-16)14-9-7-6-8-10-14/h6-13,15H,1-5H3/q+1/t13-,15+/m0/s1. The second kappa shape index (κ2) is 5.13. The first-order valence-corrected chi connectivity index (χ1v) is 6.89. The summed E-state index contributed by atoms with van der Waals surface area (Å²) in [5.41, 5.74) is 1.27. The lowest BCUT2D eigenvalue weighted by Gasteiger charge is -2.13. The van der Waals surface area contributed by atoms with Crippen LogP contribution in [0, 0.1) is 5.92 Å². The van der Waals surface area contributed by atoms with Gasteiger partial charge in [-0.2, -0.15) is 4.58 Å². The van der Waals surface area contributed by atoms with Gasteiger partial charge in [-0.1, -0.05) is 30.3 Å². The van der Waals surface area contributed by atoms with Crippen LogP contribution in [-0.2, 0) is 4.74 Å². The minimum absolute atomic E-state index is 0.158. The molecule has 1 aromatic carbocycles. The minimum atomic E-state index is 0.158. The zero-order chi connectivity index (χ0) is 13.3. The van der Waals surface area contributed by atoms with Crippen molar-refractivity contribution in [3.8, 4) is 0 Å². The van der Waals surface area contributed by atoms with Gasteiger partial charge in [-0.3, -0.25) is 0 Å². The first kappa shape index (κ1) is 13.1. The van der Waals surface area contributed by atoms with E-state index in [4.69, 9.17) is 4.74 Å². The van der Waals surface area contributed by atoms with Crippen molar-refractivity contribution in [3.05, 3.63) is 35.9 Å². The van der Waals surface area contributed by atoms with Crippen molar-refractivity contribution in [3.63, 3.8) is 0 Å². The van der Waals surface area contributed by atoms with Gasteiger partial charge in [0.1, 0.15) is 0 Å². The van der Waals surface area contributed by atoms with Crippen LogP contribution in [0.25, 0.3) is 0 Å². The highest BCUT2D eigenvalue weighted by Gasteiger charge is 2.43. The topological polar surface area (TPSA) is 12.2 Å². The molecule has 18 heavy (non-hydrogen) atoms. The van der Waals surface area contributed by atoms with Gasteiger partial charge in [-0.15, -0.1) is 0 Å². The number of rotatable bonds is 3. The first-order chi connectivity index (χ1) is 8.52. The Hall–Kier alpha value is -1.31. The Balaban J connectivity index is 2.32. The zero-order valence-electron chi connectivity index (χ0n) is 12.1. The monoisotopic (exact) mass is 246 g/mol. The van der Waals surface area contributed by atoms with Crippen LogP contribution >= 0.6 is 0 Å². The third-order valence-electron chi connectivity index (χ3n) is 3.56. The maximum atomic E-state index is 6.24. The summed E-state index contributed by atoms with van der Waals surface area (Å²) in [6, 6.07) is 11.4. The Bertz CT molecular complexity index is 434. The van der Waals surface area contributed by atoms with Crippen molar-refractivity contribution in [2.75, 3.05) is 0 Å². The molecule has 2 heteroatoms. The smallest absolute Gasteiger partial charge is 0.340 e. The summed E-state index contributed by atoms with van der Waals surface area (Å²) in [6.45, 7) is 11.1. The minimum Gasteiger partial charge on any atom is -0.433 e. The SMILES string of the molecule is CC(C)C1=[N+](C(C)C)[C@@H](C)[C@H](c2ccccc2)O1. The van der Waals surface area contributed by atoms with Gasteiger partial charge in [-0.05, 0) is 33.3 Å². The highest BCUT2D eigenvalue weighted by Crippen LogP contribution is 2.31. The zero-order valence-corrected chi connectivity index (χ0v) is 12.1. The number of hydrogen-bond acceptors (Lipinski definition) is 1. The average Bonchev–Trinajstić information content (AvgIpc) is 2.68. The third-order valence-corrected chi connectivity index (χ3v) is 3.56. The van der Waals surface area contributed by atoms with Crippen molar-refractivity contribution in [2.24, 2.45) is 5.92 Å². The van der Waals surface area contributed by atoms with Crippen molar-refractivity contribution in [1.82, 2.24) is 0 Å². The molecule has 0 amide bonds. The number of hydrogen-bond donors (Lipinski definition) is 0. The van der Waals surface area contributed by atoms with E-state index in [1.165, 1.54) is 5.56 Å². The summed E-state index contributed by atoms with van der Waals surface area (Å²) in [7, 11) is 0. The van der Waals surface area contributed by atoms with E-state index >= 15 is 0 Å². The summed E-state index contributed by atoms with van der Waals surface area (Å²) in [4.78, 5) is 0. The van der Waals surface area contributed by atoms with Crippen molar-refractivity contribution >= 4 is 5.90 Å². The highest BCUT2D eigenvalue weighted by molar-refractivity contribution is 5.74. The van der Waals surface area contributed by atoms with E-state index < -0.39 is 0 Å². The summed E-state index contributed by atoms with van der Waals surface area (Å²) in [5.74, 6) is 1.56. The van der Waals surface area contributed by atoms with Crippen LogP contribution in [-0.4, -0.2) is 22.6 Å². The van der Waals surface area contributed by atoms with E-state index in [1.807, 2.05) is 0 Å². The lowest BCUT2D eigenvalue weighted by atomic mass is 10.0. The molecule has 1 heterocycles. The van der Waals surface area contributed by atoms with Crippen LogP contribution in [0.15, 0.2) is 30.3 Å². The molecular formula is C16H24NO+. The van der Waals surface area contributed by atoms with Gasteiger partial charge in [-0.25, -0.2) is 0 Å². The molecule has 2 rings (SSSR count). The maximum absolute atomic E-state index is 6.24. The molecule has 0 aliphatic carbocycles. The van der Waals surface area contributed by atoms with Crippen LogP contribution in [0.2, 0.25) is 0 Å². The van der Waals surface area contributed by atoms with Crippen molar-refractivity contribution < 1.29 is 9.31 Å². The molecule has 0 unspecified atom stereocenters. The normalized spacial score (nSPS) is 23.9. The average molecular weight is 246 g/mol. The molecule has 0 aromatic heterocycles. The van der Waals surface area contributed by atoms with E-state index in [0.29, 0.717) is 18.0 Å². The fraction of sp³-hybridized carbons (Fsp3) is 0.562. The van der Waals surface area contributed by atoms with E-state index in [-0.39, 0.29) is 6.10 Å². The Morgan fingerprint density at radius 2 is 1.67 bits per heavy atom. The first-order valence-electron chi connectivity index (χ1n) is 6.89. The third kappa shape index (κ3) is 2.29. The lowest BCUT2D eigenvalue weighted by molar-refractivity contribution is -0.587. The fourth-order valence-corrected chi connectivity index (χ4v) is 2.78. The van der Waals surface area contributed by atoms with Gasteiger partial charge >= 0.3 is 5.90 Å². The Morgan fingerprint density at radius 1 is 1.06 bits per heavy atom. The number of nitrogens with zero attached hydrogens (tertiary/aromatic N) is 1. The van der Waals surface area contributed by atoms with Gasteiger partial charge in [0.05, 0.1) is 5.92 Å². The fourth-order valence-electron chi connectivity index (χ4n) is 2.78. The van der Waals surface area contributed by atoms with Crippen LogP contribution in [0.3, 0.4) is 0 Å². The molecule has 0 spiro atoms. The Kier molecular flexibility index (Phi) is 3.74. The Labute approximate surface area is 110 Å². The molecule has 2 atom stereocenters. The summed E-state index contributed by atoms with van der Waals surface area (Å²) in [6.07, 6.45) is 0.158. The van der Waals surface area contributed by atoms with E-state index in [0.717, 1.165) is 5.90 Å². The summed E-state index contributed by atoms with van der Waals surface area (Å²) < 4.78 is 8.66. The molecule has 1 aliphatic heterocycles. The van der Waals surface area contributed by atoms with Crippen LogP contribution < -0.4 is 0 Å². The quantitative estimate of drug-likeness (QED) is 0.742. The second-order valence-corrected chi connectivity index (χ2v) is 5.68. The largest absolute Gasteiger partial charge is 0.433 e. The Morgan fingerprint density at radius 3 is 2.11 bits per heavy atom. The molecular weight excluding hydrogens is 222 g/mol. The second-order valence-electron chi connectivity index (χ2n) is 5.68. The van der Waals surface area contributed by atoms with E-state index in [9.17, 15) is 0 Å². The van der Waals surface area contributed by atoms with Gasteiger partial charge in [0.25, 0.3) is 0 Å².